The molecule has 0 spiro atoms. The van der Waals surface area contributed by atoms with Gasteiger partial charge in [0.25, 0.3) is 0 Å². The summed E-state index contributed by atoms with van der Waals surface area (Å²) in [5, 5.41) is 8.78. The highest BCUT2D eigenvalue weighted by Crippen LogP contribution is 2.16. The molecule has 1 aromatic carbocycles. The van der Waals surface area contributed by atoms with Crippen LogP contribution in [0.5, 0.6) is 0 Å². The van der Waals surface area contributed by atoms with E-state index in [2.05, 4.69) is 4.72 Å². The topological polar surface area (TPSA) is 96.0 Å². The number of nitriles is 1. The molecule has 20 heavy (non-hydrogen) atoms. The molecule has 1 aromatic rings. The Labute approximate surface area is 120 Å². The number of benzene rings is 1. The molecule has 1 atom stereocenters. The van der Waals surface area contributed by atoms with Crippen LogP contribution in [-0.2, 0) is 10.0 Å². The lowest BCUT2D eigenvalue weighted by atomic mass is 10.1. The highest BCUT2D eigenvalue weighted by Gasteiger charge is 2.18. The maximum atomic E-state index is 12.2. The highest BCUT2D eigenvalue weighted by atomic mass is 32.2. The Hall–Kier alpha value is -1.42. The third-order valence-corrected chi connectivity index (χ3v) is 4.49. The SMILES string of the molecule is Cc1cc(C#N)ccc1S(=O)(=O)NCC(N)CC(C)C. The summed E-state index contributed by atoms with van der Waals surface area (Å²) in [5.41, 5.74) is 6.87. The molecule has 1 rings (SSSR count). The van der Waals surface area contributed by atoms with Crippen LogP contribution in [0.4, 0.5) is 0 Å². The van der Waals surface area contributed by atoms with Gasteiger partial charge >= 0.3 is 0 Å². The summed E-state index contributed by atoms with van der Waals surface area (Å²) in [6.07, 6.45) is 0.759. The van der Waals surface area contributed by atoms with E-state index in [-0.39, 0.29) is 17.5 Å². The lowest BCUT2D eigenvalue weighted by molar-refractivity contribution is 0.485. The highest BCUT2D eigenvalue weighted by molar-refractivity contribution is 7.89. The number of hydrogen-bond acceptors (Lipinski definition) is 4. The molecule has 0 saturated carbocycles. The van der Waals surface area contributed by atoms with Crippen LogP contribution in [0, 0.1) is 24.2 Å². The first kappa shape index (κ1) is 16.6. The second-order valence-electron chi connectivity index (χ2n) is 5.33. The van der Waals surface area contributed by atoms with Gasteiger partial charge in [0.15, 0.2) is 0 Å². The molecule has 6 heteroatoms. The third kappa shape index (κ3) is 4.60. The van der Waals surface area contributed by atoms with Crippen molar-refractivity contribution in [3.8, 4) is 6.07 Å². The molecule has 110 valence electrons. The molecule has 0 radical (unpaired) electrons. The molecule has 0 heterocycles. The second-order valence-corrected chi connectivity index (χ2v) is 7.07. The van der Waals surface area contributed by atoms with Crippen molar-refractivity contribution in [3.05, 3.63) is 29.3 Å². The molecule has 0 bridgehead atoms. The first-order chi connectivity index (χ1) is 9.26. The maximum absolute atomic E-state index is 12.2. The Kier molecular flexibility index (Phi) is 5.69. The Morgan fingerprint density at radius 3 is 2.55 bits per heavy atom. The number of hydrogen-bond donors (Lipinski definition) is 2. The quantitative estimate of drug-likeness (QED) is 0.831. The summed E-state index contributed by atoms with van der Waals surface area (Å²) in [6, 6.07) is 6.28. The van der Waals surface area contributed by atoms with Gasteiger partial charge in [0.05, 0.1) is 16.5 Å². The average molecular weight is 295 g/mol. The normalized spacial score (nSPS) is 13.2. The van der Waals surface area contributed by atoms with E-state index in [1.165, 1.54) is 12.1 Å². The number of sulfonamides is 1. The van der Waals surface area contributed by atoms with Gasteiger partial charge in [-0.05, 0) is 43.0 Å². The van der Waals surface area contributed by atoms with Gasteiger partial charge in [-0.2, -0.15) is 5.26 Å². The molecule has 3 N–H and O–H groups in total. The monoisotopic (exact) mass is 295 g/mol. The number of nitrogens with two attached hydrogens (primary N) is 1. The third-order valence-electron chi connectivity index (χ3n) is 2.90. The zero-order chi connectivity index (χ0) is 15.3. The predicted octanol–water partition coefficient (Wildman–Crippen LogP) is 1.52. The van der Waals surface area contributed by atoms with Crippen LogP contribution in [-0.4, -0.2) is 21.0 Å². The number of nitrogens with zero attached hydrogens (tertiary/aromatic N) is 1. The van der Waals surface area contributed by atoms with E-state index in [1.54, 1.807) is 13.0 Å². The van der Waals surface area contributed by atoms with Crippen LogP contribution < -0.4 is 10.5 Å². The maximum Gasteiger partial charge on any atom is 0.240 e. The van der Waals surface area contributed by atoms with Crippen LogP contribution in [0.15, 0.2) is 23.1 Å². The fraction of sp³-hybridized carbons (Fsp3) is 0.500. The Morgan fingerprint density at radius 1 is 1.40 bits per heavy atom. The number of nitrogens with one attached hydrogen (secondary N) is 1. The number of rotatable bonds is 6. The van der Waals surface area contributed by atoms with Gasteiger partial charge in [-0.3, -0.25) is 0 Å². The van der Waals surface area contributed by atoms with Crippen molar-refractivity contribution in [2.75, 3.05) is 6.54 Å². The van der Waals surface area contributed by atoms with Gasteiger partial charge in [-0.15, -0.1) is 0 Å². The Balaban J connectivity index is 2.82. The lowest BCUT2D eigenvalue weighted by Crippen LogP contribution is -2.38. The second kappa shape index (κ2) is 6.84. The van der Waals surface area contributed by atoms with E-state index in [4.69, 9.17) is 11.0 Å². The molecule has 5 nitrogen and oxygen atoms in total. The van der Waals surface area contributed by atoms with Crippen LogP contribution >= 0.6 is 0 Å². The van der Waals surface area contributed by atoms with Crippen LogP contribution in [0.1, 0.15) is 31.4 Å². The van der Waals surface area contributed by atoms with Crippen molar-refractivity contribution in [3.63, 3.8) is 0 Å². The minimum atomic E-state index is -3.59. The van der Waals surface area contributed by atoms with Crippen molar-refractivity contribution >= 4 is 10.0 Å². The largest absolute Gasteiger partial charge is 0.327 e. The van der Waals surface area contributed by atoms with E-state index >= 15 is 0 Å². The molecule has 0 amide bonds. The van der Waals surface area contributed by atoms with Crippen LogP contribution in [0.2, 0.25) is 0 Å². The van der Waals surface area contributed by atoms with Crippen molar-refractivity contribution < 1.29 is 8.42 Å². The van der Waals surface area contributed by atoms with Crippen molar-refractivity contribution in [2.24, 2.45) is 11.7 Å². The summed E-state index contributed by atoms with van der Waals surface area (Å²) >= 11 is 0. The van der Waals surface area contributed by atoms with Gasteiger partial charge in [0, 0.05) is 12.6 Å². The van der Waals surface area contributed by atoms with Gasteiger partial charge in [0.2, 0.25) is 10.0 Å². The first-order valence-electron chi connectivity index (χ1n) is 6.52. The van der Waals surface area contributed by atoms with E-state index < -0.39 is 10.0 Å². The average Bonchev–Trinajstić information content (AvgIpc) is 2.35. The first-order valence-corrected chi connectivity index (χ1v) is 8.00. The molecule has 0 aliphatic rings. The number of aryl methyl sites for hydroxylation is 1. The molecule has 1 unspecified atom stereocenters. The summed E-state index contributed by atoms with van der Waals surface area (Å²) in [4.78, 5) is 0.188. The van der Waals surface area contributed by atoms with Crippen molar-refractivity contribution in [1.29, 1.82) is 5.26 Å². The van der Waals surface area contributed by atoms with Crippen molar-refractivity contribution in [2.45, 2.75) is 38.1 Å². The standard InChI is InChI=1S/C14H21N3O2S/c1-10(2)6-13(16)9-17-20(18,19)14-5-4-12(8-15)7-11(14)3/h4-5,7,10,13,17H,6,9,16H2,1-3H3. The molecule has 0 aliphatic heterocycles. The van der Waals surface area contributed by atoms with E-state index in [0.717, 1.165) is 6.42 Å². The Morgan fingerprint density at radius 2 is 2.05 bits per heavy atom. The lowest BCUT2D eigenvalue weighted by Gasteiger charge is -2.15. The predicted molar refractivity (Wildman–Crippen MR) is 78.5 cm³/mol. The minimum absolute atomic E-state index is 0.188. The Bertz CT molecular complexity index is 603. The summed E-state index contributed by atoms with van der Waals surface area (Å²) in [7, 11) is -3.59. The van der Waals surface area contributed by atoms with Crippen molar-refractivity contribution in [1.82, 2.24) is 4.72 Å². The molecule has 0 fully saturated rings. The van der Waals surface area contributed by atoms with E-state index in [1.807, 2.05) is 19.9 Å². The van der Waals surface area contributed by atoms with Gasteiger partial charge in [0.1, 0.15) is 0 Å². The molecule has 0 aliphatic carbocycles. The minimum Gasteiger partial charge on any atom is -0.327 e. The molecular weight excluding hydrogens is 274 g/mol. The summed E-state index contributed by atoms with van der Waals surface area (Å²) in [6.45, 7) is 5.96. The fourth-order valence-corrected chi connectivity index (χ4v) is 3.32. The summed E-state index contributed by atoms with van der Waals surface area (Å²) < 4.78 is 26.9. The fourth-order valence-electron chi connectivity index (χ4n) is 2.00. The summed E-state index contributed by atoms with van der Waals surface area (Å²) in [5.74, 6) is 0.422. The zero-order valence-corrected chi connectivity index (χ0v) is 12.9. The van der Waals surface area contributed by atoms with E-state index in [0.29, 0.717) is 17.0 Å². The molecule has 0 saturated heterocycles. The zero-order valence-electron chi connectivity index (χ0n) is 12.1. The smallest absolute Gasteiger partial charge is 0.240 e. The van der Waals surface area contributed by atoms with Gasteiger partial charge in [-0.1, -0.05) is 13.8 Å². The molecule has 0 aromatic heterocycles. The van der Waals surface area contributed by atoms with Crippen LogP contribution in [0.3, 0.4) is 0 Å². The van der Waals surface area contributed by atoms with E-state index in [9.17, 15) is 8.42 Å². The van der Waals surface area contributed by atoms with Gasteiger partial charge in [-0.25, -0.2) is 13.1 Å². The molecular formula is C14H21N3O2S. The van der Waals surface area contributed by atoms with Crippen LogP contribution in [0.25, 0.3) is 0 Å². The van der Waals surface area contributed by atoms with Gasteiger partial charge < -0.3 is 5.73 Å².